The second kappa shape index (κ2) is 8.31. The number of hydrogen-bond donors (Lipinski definition) is 2. The van der Waals surface area contributed by atoms with Crippen molar-refractivity contribution in [1.82, 2.24) is 15.5 Å². The molecule has 0 unspecified atom stereocenters. The summed E-state index contributed by atoms with van der Waals surface area (Å²) >= 11 is 0. The molecule has 0 aliphatic rings. The zero-order valence-corrected chi connectivity index (χ0v) is 14.3. The lowest BCUT2D eigenvalue weighted by atomic mass is 10.1. The Labute approximate surface area is 141 Å². The summed E-state index contributed by atoms with van der Waals surface area (Å²) < 4.78 is 5.23. The van der Waals surface area contributed by atoms with Crippen molar-refractivity contribution in [2.24, 2.45) is 0 Å². The highest BCUT2D eigenvalue weighted by atomic mass is 16.5. The molecule has 24 heavy (non-hydrogen) atoms. The number of methoxy groups -OCH3 is 1. The maximum atomic E-state index is 11.8. The molecule has 6 heteroatoms. The van der Waals surface area contributed by atoms with Gasteiger partial charge in [0.05, 0.1) is 20.2 Å². The number of carbonyl (C=O) groups excluding carboxylic acids is 2. The fraction of sp³-hybridized carbons (Fsp3) is 0.333. The standard InChI is InChI=1S/C18H23N3O3/c1-19-17(22)10-20-18(23)12-21(2)11-13-4-5-15-9-16(24-3)7-6-14(15)8-13/h4-9H,10-12H2,1-3H3,(H,19,22)(H,20,23). The van der Waals surface area contributed by atoms with E-state index in [1.165, 1.54) is 7.05 Å². The number of rotatable bonds is 7. The van der Waals surface area contributed by atoms with E-state index in [9.17, 15) is 9.59 Å². The van der Waals surface area contributed by atoms with Crippen LogP contribution in [0.1, 0.15) is 5.56 Å². The van der Waals surface area contributed by atoms with Crippen LogP contribution in [0.3, 0.4) is 0 Å². The molecule has 2 aromatic carbocycles. The molecule has 128 valence electrons. The molecule has 0 radical (unpaired) electrons. The van der Waals surface area contributed by atoms with Crippen LogP contribution in [0.5, 0.6) is 5.75 Å². The summed E-state index contributed by atoms with van der Waals surface area (Å²) in [5.74, 6) is 0.447. The minimum absolute atomic E-state index is 0.000973. The third-order valence-electron chi connectivity index (χ3n) is 3.70. The number of fused-ring (bicyclic) bond motifs is 1. The van der Waals surface area contributed by atoms with E-state index in [0.29, 0.717) is 6.54 Å². The van der Waals surface area contributed by atoms with Crippen LogP contribution >= 0.6 is 0 Å². The maximum Gasteiger partial charge on any atom is 0.239 e. The monoisotopic (exact) mass is 329 g/mol. The second-order valence-corrected chi connectivity index (χ2v) is 5.67. The van der Waals surface area contributed by atoms with Gasteiger partial charge < -0.3 is 15.4 Å². The summed E-state index contributed by atoms with van der Waals surface area (Å²) in [6.07, 6.45) is 0. The average Bonchev–Trinajstić information content (AvgIpc) is 2.58. The molecule has 0 atom stereocenters. The van der Waals surface area contributed by atoms with E-state index in [-0.39, 0.29) is 24.9 Å². The van der Waals surface area contributed by atoms with Crippen molar-refractivity contribution >= 4 is 22.6 Å². The van der Waals surface area contributed by atoms with E-state index in [2.05, 4.69) is 16.7 Å². The van der Waals surface area contributed by atoms with Gasteiger partial charge in [-0.3, -0.25) is 14.5 Å². The maximum absolute atomic E-state index is 11.8. The molecule has 2 rings (SSSR count). The lowest BCUT2D eigenvalue weighted by Crippen LogP contribution is -2.40. The highest BCUT2D eigenvalue weighted by Crippen LogP contribution is 2.22. The summed E-state index contributed by atoms with van der Waals surface area (Å²) in [4.78, 5) is 24.8. The fourth-order valence-corrected chi connectivity index (χ4v) is 2.43. The highest BCUT2D eigenvalue weighted by molar-refractivity contribution is 5.85. The number of hydrogen-bond acceptors (Lipinski definition) is 4. The number of ether oxygens (including phenoxy) is 1. The van der Waals surface area contributed by atoms with Crippen molar-refractivity contribution in [3.8, 4) is 5.75 Å². The number of carbonyl (C=O) groups is 2. The van der Waals surface area contributed by atoms with Gasteiger partial charge in [-0.25, -0.2) is 0 Å². The molecule has 0 aliphatic heterocycles. The van der Waals surface area contributed by atoms with Crippen LogP contribution in [-0.2, 0) is 16.1 Å². The normalized spacial score (nSPS) is 10.7. The molecule has 0 fully saturated rings. The summed E-state index contributed by atoms with van der Waals surface area (Å²) in [5, 5.41) is 7.29. The minimum atomic E-state index is -0.212. The van der Waals surface area contributed by atoms with Crippen LogP contribution in [0, 0.1) is 0 Å². The van der Waals surface area contributed by atoms with E-state index in [1.54, 1.807) is 7.11 Å². The summed E-state index contributed by atoms with van der Waals surface area (Å²) in [5.41, 5.74) is 1.12. The Bertz CT molecular complexity index is 731. The number of nitrogens with one attached hydrogen (secondary N) is 2. The first kappa shape index (κ1) is 17.7. The Morgan fingerprint density at radius 1 is 1.08 bits per heavy atom. The van der Waals surface area contributed by atoms with Crippen LogP contribution in [0.4, 0.5) is 0 Å². The predicted octanol–water partition coefficient (Wildman–Crippen LogP) is 1.14. The quantitative estimate of drug-likeness (QED) is 0.799. The lowest BCUT2D eigenvalue weighted by molar-refractivity contribution is -0.126. The van der Waals surface area contributed by atoms with E-state index < -0.39 is 0 Å². The Hall–Kier alpha value is -2.60. The summed E-state index contributed by atoms with van der Waals surface area (Å²) in [7, 11) is 5.06. The van der Waals surface area contributed by atoms with E-state index in [1.807, 2.05) is 42.3 Å². The van der Waals surface area contributed by atoms with Gasteiger partial charge in [0.15, 0.2) is 0 Å². The summed E-state index contributed by atoms with van der Waals surface area (Å²) in [6, 6.07) is 12.1. The summed E-state index contributed by atoms with van der Waals surface area (Å²) in [6.45, 7) is 0.883. The van der Waals surface area contributed by atoms with Crippen molar-refractivity contribution in [1.29, 1.82) is 0 Å². The van der Waals surface area contributed by atoms with Crippen LogP contribution in [0.25, 0.3) is 10.8 Å². The Balaban J connectivity index is 1.93. The largest absolute Gasteiger partial charge is 0.497 e. The third-order valence-corrected chi connectivity index (χ3v) is 3.70. The Kier molecular flexibility index (Phi) is 6.14. The molecule has 0 heterocycles. The van der Waals surface area contributed by atoms with Crippen LogP contribution < -0.4 is 15.4 Å². The minimum Gasteiger partial charge on any atom is -0.497 e. The fourth-order valence-electron chi connectivity index (χ4n) is 2.43. The van der Waals surface area contributed by atoms with Crippen molar-refractivity contribution in [2.45, 2.75) is 6.54 Å². The molecule has 2 amide bonds. The number of benzene rings is 2. The zero-order chi connectivity index (χ0) is 17.5. The van der Waals surface area contributed by atoms with Crippen molar-refractivity contribution in [2.75, 3.05) is 34.3 Å². The predicted molar refractivity (Wildman–Crippen MR) is 93.9 cm³/mol. The smallest absolute Gasteiger partial charge is 0.239 e. The SMILES string of the molecule is CNC(=O)CNC(=O)CN(C)Cc1ccc2cc(OC)ccc2c1. The molecule has 0 spiro atoms. The Morgan fingerprint density at radius 2 is 1.79 bits per heavy atom. The molecule has 2 N–H and O–H groups in total. The van der Waals surface area contributed by atoms with E-state index in [0.717, 1.165) is 22.1 Å². The molecule has 0 aromatic heterocycles. The van der Waals surface area contributed by atoms with Gasteiger partial charge in [-0.15, -0.1) is 0 Å². The topological polar surface area (TPSA) is 70.7 Å². The first-order valence-corrected chi connectivity index (χ1v) is 7.74. The van der Waals surface area contributed by atoms with Crippen LogP contribution in [0.2, 0.25) is 0 Å². The van der Waals surface area contributed by atoms with Gasteiger partial charge >= 0.3 is 0 Å². The number of likely N-dealkylation sites (N-methyl/N-ethyl adjacent to an activating group) is 2. The van der Waals surface area contributed by atoms with Gasteiger partial charge in [-0.2, -0.15) is 0 Å². The number of nitrogens with zero attached hydrogens (tertiary/aromatic N) is 1. The molecule has 0 bridgehead atoms. The first-order valence-electron chi connectivity index (χ1n) is 7.74. The van der Waals surface area contributed by atoms with Gasteiger partial charge in [0.25, 0.3) is 0 Å². The van der Waals surface area contributed by atoms with Crippen molar-refractivity contribution in [3.63, 3.8) is 0 Å². The molecular formula is C18H23N3O3. The van der Waals surface area contributed by atoms with E-state index in [4.69, 9.17) is 4.74 Å². The van der Waals surface area contributed by atoms with Gasteiger partial charge in [-0.05, 0) is 41.6 Å². The van der Waals surface area contributed by atoms with Crippen molar-refractivity contribution in [3.05, 3.63) is 42.0 Å². The first-order chi connectivity index (χ1) is 11.5. The molecule has 2 aromatic rings. The average molecular weight is 329 g/mol. The van der Waals surface area contributed by atoms with Gasteiger partial charge in [0.2, 0.25) is 11.8 Å². The Morgan fingerprint density at radius 3 is 2.50 bits per heavy atom. The lowest BCUT2D eigenvalue weighted by Gasteiger charge is -2.16. The second-order valence-electron chi connectivity index (χ2n) is 5.67. The third kappa shape index (κ3) is 4.96. The zero-order valence-electron chi connectivity index (χ0n) is 14.3. The molecule has 0 saturated heterocycles. The van der Waals surface area contributed by atoms with Crippen molar-refractivity contribution < 1.29 is 14.3 Å². The molecule has 0 saturated carbocycles. The molecule has 0 aliphatic carbocycles. The van der Waals surface area contributed by atoms with Crippen LogP contribution in [-0.4, -0.2) is 51.0 Å². The van der Waals surface area contributed by atoms with Crippen LogP contribution in [0.15, 0.2) is 36.4 Å². The molecular weight excluding hydrogens is 306 g/mol. The van der Waals surface area contributed by atoms with Gasteiger partial charge in [-0.1, -0.05) is 18.2 Å². The highest BCUT2D eigenvalue weighted by Gasteiger charge is 2.09. The van der Waals surface area contributed by atoms with Gasteiger partial charge in [0.1, 0.15) is 5.75 Å². The molecule has 6 nitrogen and oxygen atoms in total. The number of amides is 2. The van der Waals surface area contributed by atoms with E-state index >= 15 is 0 Å². The van der Waals surface area contributed by atoms with Gasteiger partial charge in [0, 0.05) is 13.6 Å².